The molecule has 90 valence electrons. The Kier molecular flexibility index (Phi) is 3.52. The minimum atomic E-state index is -0.0438. The van der Waals surface area contributed by atoms with Crippen LogP contribution in [0.5, 0.6) is 0 Å². The molecule has 1 aliphatic rings. The van der Waals surface area contributed by atoms with Crippen molar-refractivity contribution in [1.82, 2.24) is 0 Å². The lowest BCUT2D eigenvalue weighted by atomic mass is 9.66. The van der Waals surface area contributed by atoms with Gasteiger partial charge in [0.1, 0.15) is 0 Å². The zero-order valence-corrected chi connectivity index (χ0v) is 10.9. The minimum absolute atomic E-state index is 0.0438. The number of rotatable bonds is 4. The molecular formula is C16H21N. The van der Waals surface area contributed by atoms with Crippen LogP contribution >= 0.6 is 0 Å². The van der Waals surface area contributed by atoms with E-state index >= 15 is 0 Å². The summed E-state index contributed by atoms with van der Waals surface area (Å²) in [4.78, 5) is 0. The normalized spacial score (nSPS) is 19.1. The van der Waals surface area contributed by atoms with Crippen molar-refractivity contribution in [1.29, 1.82) is 5.26 Å². The molecule has 0 saturated heterocycles. The van der Waals surface area contributed by atoms with Crippen LogP contribution in [0.25, 0.3) is 0 Å². The lowest BCUT2D eigenvalue weighted by Crippen LogP contribution is -2.29. The summed E-state index contributed by atoms with van der Waals surface area (Å²) in [6.07, 6.45) is 5.50. The smallest absolute Gasteiger partial charge is 0.0693 e. The van der Waals surface area contributed by atoms with Gasteiger partial charge in [-0.25, -0.2) is 0 Å². The predicted molar refractivity (Wildman–Crippen MR) is 70.7 cm³/mol. The van der Waals surface area contributed by atoms with E-state index in [4.69, 9.17) is 0 Å². The Morgan fingerprint density at radius 1 is 1.29 bits per heavy atom. The summed E-state index contributed by atoms with van der Waals surface area (Å²) in [5.74, 6) is 0.637. The Labute approximate surface area is 104 Å². The minimum Gasteiger partial charge on any atom is -0.198 e. The first-order valence-corrected chi connectivity index (χ1v) is 6.69. The van der Waals surface area contributed by atoms with Crippen molar-refractivity contribution < 1.29 is 0 Å². The highest BCUT2D eigenvalue weighted by Gasteiger charge is 2.36. The summed E-state index contributed by atoms with van der Waals surface area (Å²) in [6, 6.07) is 11.4. The molecule has 1 nitrogen and oxygen atoms in total. The van der Waals surface area contributed by atoms with E-state index < -0.39 is 0 Å². The Morgan fingerprint density at radius 2 is 1.94 bits per heavy atom. The van der Waals surface area contributed by atoms with E-state index in [0.717, 1.165) is 19.3 Å². The number of hydrogen-bond donors (Lipinski definition) is 0. The SMILES string of the molecule is CCC(C)c1ccc(CC2(C#N)CCC2)cc1. The molecule has 0 bridgehead atoms. The van der Waals surface area contributed by atoms with Gasteiger partial charge in [0.05, 0.1) is 11.5 Å². The van der Waals surface area contributed by atoms with Gasteiger partial charge in [0.25, 0.3) is 0 Å². The zero-order chi connectivity index (χ0) is 12.3. The molecule has 0 amide bonds. The van der Waals surface area contributed by atoms with E-state index in [0.29, 0.717) is 5.92 Å². The van der Waals surface area contributed by atoms with E-state index in [-0.39, 0.29) is 5.41 Å². The van der Waals surface area contributed by atoms with Gasteiger partial charge in [-0.05, 0) is 42.7 Å². The molecule has 0 heterocycles. The van der Waals surface area contributed by atoms with Gasteiger partial charge in [-0.15, -0.1) is 0 Å². The lowest BCUT2D eigenvalue weighted by Gasteiger charge is -2.35. The van der Waals surface area contributed by atoms with Crippen molar-refractivity contribution in [2.24, 2.45) is 5.41 Å². The molecule has 1 heteroatoms. The predicted octanol–water partition coefficient (Wildman–Crippen LogP) is 4.44. The number of nitrogens with zero attached hydrogens (tertiary/aromatic N) is 1. The fraction of sp³-hybridized carbons (Fsp3) is 0.562. The van der Waals surface area contributed by atoms with Gasteiger partial charge in [0.15, 0.2) is 0 Å². The summed E-state index contributed by atoms with van der Waals surface area (Å²) in [5, 5.41) is 9.23. The topological polar surface area (TPSA) is 23.8 Å². The zero-order valence-electron chi connectivity index (χ0n) is 10.9. The molecule has 0 aliphatic heterocycles. The molecule has 1 fully saturated rings. The summed E-state index contributed by atoms with van der Waals surface area (Å²) < 4.78 is 0. The first-order valence-electron chi connectivity index (χ1n) is 6.69. The highest BCUT2D eigenvalue weighted by Crippen LogP contribution is 2.43. The van der Waals surface area contributed by atoms with E-state index in [1.165, 1.54) is 24.0 Å². The first kappa shape index (κ1) is 12.2. The van der Waals surface area contributed by atoms with Gasteiger partial charge in [-0.3, -0.25) is 0 Å². The van der Waals surface area contributed by atoms with Gasteiger partial charge >= 0.3 is 0 Å². The first-order chi connectivity index (χ1) is 8.19. The summed E-state index contributed by atoms with van der Waals surface area (Å²) in [6.45, 7) is 4.48. The maximum absolute atomic E-state index is 9.23. The maximum Gasteiger partial charge on any atom is 0.0693 e. The molecule has 0 N–H and O–H groups in total. The van der Waals surface area contributed by atoms with Gasteiger partial charge in [-0.1, -0.05) is 44.5 Å². The Hall–Kier alpha value is -1.29. The van der Waals surface area contributed by atoms with E-state index in [2.05, 4.69) is 44.2 Å². The fourth-order valence-corrected chi connectivity index (χ4v) is 2.52. The molecule has 0 radical (unpaired) electrons. The average molecular weight is 227 g/mol. The molecular weight excluding hydrogens is 206 g/mol. The van der Waals surface area contributed by atoms with Crippen molar-refractivity contribution in [2.75, 3.05) is 0 Å². The van der Waals surface area contributed by atoms with Crippen LogP contribution in [0.1, 0.15) is 56.6 Å². The van der Waals surface area contributed by atoms with Gasteiger partial charge in [0.2, 0.25) is 0 Å². The fourth-order valence-electron chi connectivity index (χ4n) is 2.52. The standard InChI is InChI=1S/C16H21N/c1-3-13(2)15-7-5-14(6-8-15)11-16(12-17)9-4-10-16/h5-8,13H,3-4,9-11H2,1-2H3. The highest BCUT2D eigenvalue weighted by atomic mass is 14.4. The van der Waals surface area contributed by atoms with Gasteiger partial charge in [0, 0.05) is 0 Å². The number of hydrogen-bond acceptors (Lipinski definition) is 1. The molecule has 1 aliphatic carbocycles. The molecule has 1 saturated carbocycles. The van der Waals surface area contributed by atoms with Crippen LogP contribution in [-0.2, 0) is 6.42 Å². The largest absolute Gasteiger partial charge is 0.198 e. The van der Waals surface area contributed by atoms with Crippen LogP contribution < -0.4 is 0 Å². The third-order valence-corrected chi connectivity index (χ3v) is 4.25. The van der Waals surface area contributed by atoms with Crippen LogP contribution in [0.3, 0.4) is 0 Å². The summed E-state index contributed by atoms with van der Waals surface area (Å²) in [5.41, 5.74) is 2.69. The third kappa shape index (κ3) is 2.52. The van der Waals surface area contributed by atoms with Crippen molar-refractivity contribution >= 4 is 0 Å². The Balaban J connectivity index is 2.06. The van der Waals surface area contributed by atoms with Crippen LogP contribution in [0.15, 0.2) is 24.3 Å². The number of nitriles is 1. The van der Waals surface area contributed by atoms with Crippen LogP contribution in [0, 0.1) is 16.7 Å². The maximum atomic E-state index is 9.23. The highest BCUT2D eigenvalue weighted by molar-refractivity contribution is 5.27. The molecule has 0 spiro atoms. The molecule has 1 unspecified atom stereocenters. The van der Waals surface area contributed by atoms with Crippen LogP contribution in [0.4, 0.5) is 0 Å². The monoisotopic (exact) mass is 227 g/mol. The molecule has 1 aromatic carbocycles. The van der Waals surface area contributed by atoms with Crippen molar-refractivity contribution in [3.05, 3.63) is 35.4 Å². The second kappa shape index (κ2) is 4.92. The Morgan fingerprint density at radius 3 is 2.35 bits per heavy atom. The lowest BCUT2D eigenvalue weighted by molar-refractivity contribution is 0.214. The third-order valence-electron chi connectivity index (χ3n) is 4.25. The quantitative estimate of drug-likeness (QED) is 0.746. The molecule has 0 aromatic heterocycles. The second-order valence-corrected chi connectivity index (χ2v) is 5.47. The van der Waals surface area contributed by atoms with Crippen LogP contribution in [-0.4, -0.2) is 0 Å². The van der Waals surface area contributed by atoms with Crippen molar-refractivity contribution in [2.45, 2.75) is 51.9 Å². The van der Waals surface area contributed by atoms with Crippen molar-refractivity contribution in [3.63, 3.8) is 0 Å². The van der Waals surface area contributed by atoms with Gasteiger partial charge < -0.3 is 0 Å². The van der Waals surface area contributed by atoms with E-state index in [1.54, 1.807) is 0 Å². The molecule has 17 heavy (non-hydrogen) atoms. The van der Waals surface area contributed by atoms with Gasteiger partial charge in [-0.2, -0.15) is 5.26 Å². The van der Waals surface area contributed by atoms with E-state index in [1.807, 2.05) is 0 Å². The summed E-state index contributed by atoms with van der Waals surface area (Å²) in [7, 11) is 0. The summed E-state index contributed by atoms with van der Waals surface area (Å²) >= 11 is 0. The number of benzene rings is 1. The Bertz CT molecular complexity index is 406. The van der Waals surface area contributed by atoms with Crippen molar-refractivity contribution in [3.8, 4) is 6.07 Å². The average Bonchev–Trinajstić information content (AvgIpc) is 2.33. The molecule has 1 aromatic rings. The van der Waals surface area contributed by atoms with Crippen LogP contribution in [0.2, 0.25) is 0 Å². The molecule has 1 atom stereocenters. The second-order valence-electron chi connectivity index (χ2n) is 5.47. The molecule has 2 rings (SSSR count). The van der Waals surface area contributed by atoms with E-state index in [9.17, 15) is 5.26 Å².